The molecule has 22 heavy (non-hydrogen) atoms. The number of halogens is 1. The summed E-state index contributed by atoms with van der Waals surface area (Å²) in [6.45, 7) is 4.47. The first kappa shape index (κ1) is 15.0. The molecule has 0 atom stereocenters. The highest BCUT2D eigenvalue weighted by atomic mass is 79.9. The Hall–Kier alpha value is -1.94. The van der Waals surface area contributed by atoms with E-state index in [-0.39, 0.29) is 5.78 Å². The van der Waals surface area contributed by atoms with Crippen LogP contribution in [0, 0.1) is 0 Å². The highest BCUT2D eigenvalue weighted by Crippen LogP contribution is 2.36. The van der Waals surface area contributed by atoms with Gasteiger partial charge in [-0.05, 0) is 36.3 Å². The van der Waals surface area contributed by atoms with Crippen LogP contribution in [0.1, 0.15) is 30.5 Å². The first-order valence-corrected chi connectivity index (χ1v) is 8.03. The Morgan fingerprint density at radius 3 is 2.91 bits per heavy atom. The molecule has 0 N–H and O–H groups in total. The molecule has 1 aromatic carbocycles. The van der Waals surface area contributed by atoms with E-state index < -0.39 is 0 Å². The number of ketones is 1. The summed E-state index contributed by atoms with van der Waals surface area (Å²) in [4.78, 5) is 22.9. The van der Waals surface area contributed by atoms with Gasteiger partial charge in [-0.25, -0.2) is 0 Å². The third kappa shape index (κ3) is 2.59. The van der Waals surface area contributed by atoms with E-state index >= 15 is 0 Å². The van der Waals surface area contributed by atoms with Crippen LogP contribution in [0.4, 0.5) is 0 Å². The molecule has 1 heterocycles. The van der Waals surface area contributed by atoms with Gasteiger partial charge in [-0.1, -0.05) is 28.6 Å². The molecule has 0 spiro atoms. The molecule has 0 unspecified atom stereocenters. The van der Waals surface area contributed by atoms with Gasteiger partial charge in [0.2, 0.25) is 0 Å². The van der Waals surface area contributed by atoms with Gasteiger partial charge in [0.25, 0.3) is 0 Å². The van der Waals surface area contributed by atoms with Gasteiger partial charge >= 0.3 is 0 Å². The van der Waals surface area contributed by atoms with E-state index in [2.05, 4.69) is 22.5 Å². The summed E-state index contributed by atoms with van der Waals surface area (Å²) in [5, 5.41) is 1.07. The molecule has 1 aliphatic carbocycles. The van der Waals surface area contributed by atoms with Gasteiger partial charge in [-0.3, -0.25) is 4.79 Å². The van der Waals surface area contributed by atoms with Crippen LogP contribution in [0.5, 0.6) is 0 Å². The summed E-state index contributed by atoms with van der Waals surface area (Å²) in [5.41, 5.74) is 3.96. The first-order valence-electron chi connectivity index (χ1n) is 7.23. The van der Waals surface area contributed by atoms with Gasteiger partial charge in [0, 0.05) is 39.5 Å². The predicted octanol–water partition coefficient (Wildman–Crippen LogP) is 4.38. The monoisotopic (exact) mass is 357 g/mol. The lowest BCUT2D eigenvalue weighted by atomic mass is 9.99. The van der Waals surface area contributed by atoms with E-state index in [1.165, 1.54) is 0 Å². The smallest absolute Gasteiger partial charge is 0.139 e. The minimum Gasteiger partial charge on any atom is -0.333 e. The molecule has 0 saturated carbocycles. The zero-order valence-electron chi connectivity index (χ0n) is 12.1. The maximum atomic E-state index is 11.8. The van der Waals surface area contributed by atoms with Gasteiger partial charge < -0.3 is 9.36 Å². The molecule has 2 aromatic rings. The van der Waals surface area contributed by atoms with Crippen molar-refractivity contribution in [2.45, 2.75) is 25.8 Å². The fraction of sp³-hybridized carbons (Fsp3) is 0.222. The number of nitrogens with zero attached hydrogens (tertiary/aromatic N) is 1. The molecule has 0 fully saturated rings. The summed E-state index contributed by atoms with van der Waals surface area (Å²) in [6.07, 6.45) is 6.32. The molecular formula is C18H16BrNO2. The number of rotatable bonds is 2. The van der Waals surface area contributed by atoms with Gasteiger partial charge in [0.05, 0.1) is 6.54 Å². The molecule has 1 aliphatic rings. The number of fused-ring (bicyclic) bond motifs is 3. The largest absolute Gasteiger partial charge is 0.333 e. The molecule has 0 amide bonds. The molecule has 0 bridgehead atoms. The Kier molecular flexibility index (Phi) is 4.12. The van der Waals surface area contributed by atoms with Crippen molar-refractivity contribution < 1.29 is 9.59 Å². The van der Waals surface area contributed by atoms with E-state index in [0.717, 1.165) is 38.5 Å². The van der Waals surface area contributed by atoms with Crippen molar-refractivity contribution in [1.29, 1.82) is 0 Å². The second-order valence-electron chi connectivity index (χ2n) is 5.45. The normalized spacial score (nSPS) is 16.8. The molecule has 0 aliphatic heterocycles. The fourth-order valence-corrected chi connectivity index (χ4v) is 3.34. The summed E-state index contributed by atoms with van der Waals surface area (Å²) >= 11 is 3.51. The number of aldehydes is 1. The number of allylic oxidation sites excluding steroid dienone is 2. The van der Waals surface area contributed by atoms with Crippen LogP contribution in [-0.2, 0) is 16.1 Å². The summed E-state index contributed by atoms with van der Waals surface area (Å²) in [6, 6.07) is 6.03. The van der Waals surface area contributed by atoms with Crippen LogP contribution < -0.4 is 0 Å². The average Bonchev–Trinajstić information content (AvgIpc) is 2.80. The van der Waals surface area contributed by atoms with E-state index in [4.69, 9.17) is 0 Å². The maximum Gasteiger partial charge on any atom is 0.139 e. The van der Waals surface area contributed by atoms with Crippen molar-refractivity contribution in [1.82, 2.24) is 4.57 Å². The zero-order valence-corrected chi connectivity index (χ0v) is 13.7. The highest BCUT2D eigenvalue weighted by Gasteiger charge is 2.19. The number of carbonyl (C=O) groups is 2. The number of hydrogen-bond acceptors (Lipinski definition) is 2. The van der Waals surface area contributed by atoms with Gasteiger partial charge in [-0.2, -0.15) is 0 Å². The summed E-state index contributed by atoms with van der Waals surface area (Å²) in [7, 11) is 0. The summed E-state index contributed by atoms with van der Waals surface area (Å²) < 4.78 is 2.97. The minimum atomic E-state index is 0.218. The van der Waals surface area contributed by atoms with Crippen molar-refractivity contribution in [2.24, 2.45) is 0 Å². The van der Waals surface area contributed by atoms with Crippen molar-refractivity contribution in [2.75, 3.05) is 0 Å². The average molecular weight is 358 g/mol. The van der Waals surface area contributed by atoms with Crippen LogP contribution in [0.25, 0.3) is 22.6 Å². The van der Waals surface area contributed by atoms with Crippen LogP contribution in [-0.4, -0.2) is 16.6 Å². The van der Waals surface area contributed by atoms with E-state index in [9.17, 15) is 9.59 Å². The highest BCUT2D eigenvalue weighted by molar-refractivity contribution is 9.10. The first-order chi connectivity index (χ1) is 10.6. The van der Waals surface area contributed by atoms with Crippen molar-refractivity contribution in [3.8, 4) is 0 Å². The summed E-state index contributed by atoms with van der Waals surface area (Å²) in [5.74, 6) is 0.218. The molecule has 3 nitrogen and oxygen atoms in total. The van der Waals surface area contributed by atoms with Gasteiger partial charge in [0.1, 0.15) is 12.1 Å². The Bertz CT molecular complexity index is 814. The lowest BCUT2D eigenvalue weighted by molar-refractivity contribution is -0.118. The predicted molar refractivity (Wildman–Crippen MR) is 92.6 cm³/mol. The number of aromatic nitrogens is 1. The molecule has 112 valence electrons. The lowest BCUT2D eigenvalue weighted by Gasteiger charge is -2.06. The number of Topliss-reactive ketones (excluding diaryl/α,β-unsaturated/α-hetero) is 1. The molecular weight excluding hydrogens is 342 g/mol. The zero-order chi connectivity index (χ0) is 15.7. The quantitative estimate of drug-likeness (QED) is 0.748. The number of carbonyl (C=O) groups excluding carboxylic acids is 2. The van der Waals surface area contributed by atoms with Crippen molar-refractivity contribution in [3.05, 3.63) is 46.6 Å². The number of hydrogen-bond donors (Lipinski definition) is 0. The van der Waals surface area contributed by atoms with Crippen LogP contribution in [0.15, 0.2) is 35.3 Å². The Balaban J connectivity index is 2.33. The minimum absolute atomic E-state index is 0.218. The van der Waals surface area contributed by atoms with Crippen LogP contribution in [0.2, 0.25) is 0 Å². The number of benzene rings is 1. The van der Waals surface area contributed by atoms with E-state index in [1.54, 1.807) is 0 Å². The topological polar surface area (TPSA) is 39.1 Å². The van der Waals surface area contributed by atoms with E-state index in [0.29, 0.717) is 25.8 Å². The molecule has 1 aromatic heterocycles. The second-order valence-corrected chi connectivity index (χ2v) is 6.36. The lowest BCUT2D eigenvalue weighted by Crippen LogP contribution is -2.01. The van der Waals surface area contributed by atoms with Crippen molar-refractivity contribution >= 4 is 50.6 Å². The SMILES string of the molecule is C=C1CCC(=O)C/C=C\c2c1c1cc(Br)ccc1n2CC=O. The molecule has 4 heteroatoms. The Morgan fingerprint density at radius 2 is 2.14 bits per heavy atom. The Labute approximate surface area is 137 Å². The molecule has 0 radical (unpaired) electrons. The molecule has 3 rings (SSSR count). The second kappa shape index (κ2) is 6.05. The van der Waals surface area contributed by atoms with Gasteiger partial charge in [-0.15, -0.1) is 0 Å². The third-order valence-corrected chi connectivity index (χ3v) is 4.50. The Morgan fingerprint density at radius 1 is 1.32 bits per heavy atom. The van der Waals surface area contributed by atoms with Crippen LogP contribution in [0.3, 0.4) is 0 Å². The van der Waals surface area contributed by atoms with Crippen molar-refractivity contribution in [3.63, 3.8) is 0 Å². The maximum absolute atomic E-state index is 11.8. The van der Waals surface area contributed by atoms with E-state index in [1.807, 2.05) is 34.9 Å². The fourth-order valence-electron chi connectivity index (χ4n) is 2.98. The van der Waals surface area contributed by atoms with Crippen LogP contribution >= 0.6 is 15.9 Å². The van der Waals surface area contributed by atoms with Gasteiger partial charge in [0.15, 0.2) is 0 Å². The third-order valence-electron chi connectivity index (χ3n) is 4.00. The standard InChI is InChI=1S/C18H16BrNO2/c1-12-5-7-14(22)3-2-4-17-18(12)15-11-13(19)6-8-16(15)20(17)9-10-21/h2,4,6,8,10-11H,1,3,5,7,9H2/b4-2-. The molecule has 0 saturated heterocycles.